The molecule has 1 aromatic rings. The zero-order chi connectivity index (χ0) is 14.3. The predicted molar refractivity (Wildman–Crippen MR) is 91.3 cm³/mol. The Hall–Kier alpha value is -0.390. The Morgan fingerprint density at radius 2 is 1.70 bits per heavy atom. The summed E-state index contributed by atoms with van der Waals surface area (Å²) in [5.41, 5.74) is 1.80. The van der Waals surface area contributed by atoms with Gasteiger partial charge in [-0.15, -0.1) is 0 Å². The van der Waals surface area contributed by atoms with Crippen molar-refractivity contribution in [3.8, 4) is 0 Å². The van der Waals surface area contributed by atoms with Crippen LogP contribution in [-0.2, 0) is 0 Å². The number of aromatic nitrogens is 2. The summed E-state index contributed by atoms with van der Waals surface area (Å²) in [6.07, 6.45) is 7.66. The minimum absolute atomic E-state index is 0.505. The standard InChI is InChI=1S/C16H24IN3/c1-16(2)8-6-11(7-9-16)14-19-13(10-4-5-10)12(17)15(18-3)20-14/h10-11H,4-9H2,1-3H3,(H,18,19,20). The van der Waals surface area contributed by atoms with Crippen LogP contribution in [0.3, 0.4) is 0 Å². The Morgan fingerprint density at radius 1 is 1.05 bits per heavy atom. The highest BCUT2D eigenvalue weighted by molar-refractivity contribution is 14.1. The first-order valence-electron chi connectivity index (χ1n) is 7.75. The van der Waals surface area contributed by atoms with E-state index in [2.05, 4.69) is 41.8 Å². The quantitative estimate of drug-likeness (QED) is 0.768. The first-order chi connectivity index (χ1) is 9.50. The van der Waals surface area contributed by atoms with Gasteiger partial charge in [-0.3, -0.25) is 0 Å². The van der Waals surface area contributed by atoms with E-state index >= 15 is 0 Å². The molecule has 0 bridgehead atoms. The van der Waals surface area contributed by atoms with Gasteiger partial charge in [-0.2, -0.15) is 0 Å². The molecule has 0 spiro atoms. The molecule has 3 rings (SSSR count). The van der Waals surface area contributed by atoms with Gasteiger partial charge in [0.1, 0.15) is 11.6 Å². The van der Waals surface area contributed by atoms with Crippen molar-refractivity contribution in [3.05, 3.63) is 15.1 Å². The summed E-state index contributed by atoms with van der Waals surface area (Å²) in [5, 5.41) is 3.26. The molecular weight excluding hydrogens is 361 g/mol. The average molecular weight is 385 g/mol. The maximum absolute atomic E-state index is 4.96. The summed E-state index contributed by atoms with van der Waals surface area (Å²) >= 11 is 2.40. The van der Waals surface area contributed by atoms with E-state index in [1.54, 1.807) is 0 Å². The lowest BCUT2D eigenvalue weighted by Gasteiger charge is -2.33. The molecule has 0 aliphatic heterocycles. The monoisotopic (exact) mass is 385 g/mol. The van der Waals surface area contributed by atoms with Crippen molar-refractivity contribution in [1.82, 2.24) is 9.97 Å². The zero-order valence-electron chi connectivity index (χ0n) is 12.7. The van der Waals surface area contributed by atoms with Crippen molar-refractivity contribution in [1.29, 1.82) is 0 Å². The summed E-state index contributed by atoms with van der Waals surface area (Å²) in [6, 6.07) is 0. The van der Waals surface area contributed by atoms with Gasteiger partial charge in [0.25, 0.3) is 0 Å². The molecular formula is C16H24IN3. The number of hydrogen-bond acceptors (Lipinski definition) is 3. The molecule has 2 aliphatic rings. The molecule has 3 nitrogen and oxygen atoms in total. The van der Waals surface area contributed by atoms with Gasteiger partial charge in [0, 0.05) is 18.9 Å². The second-order valence-corrected chi connectivity index (χ2v) is 8.17. The Morgan fingerprint density at radius 3 is 2.25 bits per heavy atom. The lowest BCUT2D eigenvalue weighted by atomic mass is 9.73. The molecule has 0 unspecified atom stereocenters. The van der Waals surface area contributed by atoms with Gasteiger partial charge < -0.3 is 5.32 Å². The fourth-order valence-corrected chi connectivity index (χ4v) is 4.07. The van der Waals surface area contributed by atoms with Crippen LogP contribution in [0.2, 0.25) is 0 Å². The molecule has 110 valence electrons. The number of halogens is 1. The molecule has 20 heavy (non-hydrogen) atoms. The van der Waals surface area contributed by atoms with E-state index in [1.807, 2.05) is 7.05 Å². The third-order valence-electron chi connectivity index (χ3n) is 4.80. The minimum Gasteiger partial charge on any atom is -0.372 e. The summed E-state index contributed by atoms with van der Waals surface area (Å²) in [6.45, 7) is 4.76. The predicted octanol–water partition coefficient (Wildman–Crippen LogP) is 4.68. The third kappa shape index (κ3) is 2.95. The highest BCUT2D eigenvalue weighted by Gasteiger charge is 2.33. The van der Waals surface area contributed by atoms with Crippen LogP contribution in [0.5, 0.6) is 0 Å². The topological polar surface area (TPSA) is 37.8 Å². The zero-order valence-corrected chi connectivity index (χ0v) is 14.8. The molecule has 2 saturated carbocycles. The molecule has 4 heteroatoms. The molecule has 0 aromatic carbocycles. The normalized spacial score (nSPS) is 22.8. The van der Waals surface area contributed by atoms with Gasteiger partial charge >= 0.3 is 0 Å². The second kappa shape index (κ2) is 5.43. The van der Waals surface area contributed by atoms with Crippen molar-refractivity contribution in [2.45, 2.75) is 64.2 Å². The average Bonchev–Trinajstić information content (AvgIpc) is 3.24. The number of nitrogens with zero attached hydrogens (tertiary/aromatic N) is 2. The first-order valence-corrected chi connectivity index (χ1v) is 8.83. The smallest absolute Gasteiger partial charge is 0.143 e. The van der Waals surface area contributed by atoms with Crippen LogP contribution in [0.4, 0.5) is 5.82 Å². The van der Waals surface area contributed by atoms with Crippen LogP contribution in [0.25, 0.3) is 0 Å². The number of anilines is 1. The van der Waals surface area contributed by atoms with Gasteiger partial charge in [0.15, 0.2) is 0 Å². The van der Waals surface area contributed by atoms with E-state index < -0.39 is 0 Å². The van der Waals surface area contributed by atoms with Crippen molar-refractivity contribution in [2.75, 3.05) is 12.4 Å². The molecule has 0 saturated heterocycles. The van der Waals surface area contributed by atoms with Gasteiger partial charge in [-0.05, 0) is 66.5 Å². The lowest BCUT2D eigenvalue weighted by molar-refractivity contribution is 0.220. The van der Waals surface area contributed by atoms with E-state index in [-0.39, 0.29) is 0 Å². The molecule has 1 N–H and O–H groups in total. The largest absolute Gasteiger partial charge is 0.372 e. The maximum Gasteiger partial charge on any atom is 0.143 e. The van der Waals surface area contributed by atoms with Crippen LogP contribution in [0.1, 0.15) is 75.7 Å². The summed E-state index contributed by atoms with van der Waals surface area (Å²) < 4.78 is 1.23. The van der Waals surface area contributed by atoms with E-state index in [0.717, 1.165) is 11.6 Å². The minimum atomic E-state index is 0.505. The molecule has 0 radical (unpaired) electrons. The number of nitrogens with one attached hydrogen (secondary N) is 1. The Kier molecular flexibility index (Phi) is 3.95. The summed E-state index contributed by atoms with van der Waals surface area (Å²) in [7, 11) is 1.97. The van der Waals surface area contributed by atoms with Gasteiger partial charge in [-0.1, -0.05) is 13.8 Å². The SMILES string of the molecule is CNc1nc(C2CCC(C)(C)CC2)nc(C2CC2)c1I. The van der Waals surface area contributed by atoms with Gasteiger partial charge in [0.2, 0.25) is 0 Å². The fraction of sp³-hybridized carbons (Fsp3) is 0.750. The first kappa shape index (κ1) is 14.5. The Labute approximate surface area is 135 Å². The number of rotatable bonds is 3. The van der Waals surface area contributed by atoms with Crippen LogP contribution < -0.4 is 5.32 Å². The molecule has 2 aliphatic carbocycles. The molecule has 2 fully saturated rings. The molecule has 0 amide bonds. The second-order valence-electron chi connectivity index (χ2n) is 7.09. The molecule has 0 atom stereocenters. The van der Waals surface area contributed by atoms with Crippen molar-refractivity contribution >= 4 is 28.4 Å². The van der Waals surface area contributed by atoms with Gasteiger partial charge in [0.05, 0.1) is 9.26 Å². The fourth-order valence-electron chi connectivity index (χ4n) is 3.12. The summed E-state index contributed by atoms with van der Waals surface area (Å²) in [4.78, 5) is 9.76. The Balaban J connectivity index is 1.88. The highest BCUT2D eigenvalue weighted by atomic mass is 127. The van der Waals surface area contributed by atoms with Crippen molar-refractivity contribution in [2.24, 2.45) is 5.41 Å². The van der Waals surface area contributed by atoms with Crippen molar-refractivity contribution in [3.63, 3.8) is 0 Å². The van der Waals surface area contributed by atoms with Crippen molar-refractivity contribution < 1.29 is 0 Å². The molecule has 1 heterocycles. The number of hydrogen-bond donors (Lipinski definition) is 1. The Bertz CT molecular complexity index is 499. The van der Waals surface area contributed by atoms with E-state index in [4.69, 9.17) is 9.97 Å². The summed E-state index contributed by atoms with van der Waals surface area (Å²) in [5.74, 6) is 3.37. The van der Waals surface area contributed by atoms with Gasteiger partial charge in [-0.25, -0.2) is 9.97 Å². The van der Waals surface area contributed by atoms with Crippen LogP contribution in [-0.4, -0.2) is 17.0 Å². The van der Waals surface area contributed by atoms with E-state index in [1.165, 1.54) is 47.8 Å². The van der Waals surface area contributed by atoms with Crippen LogP contribution >= 0.6 is 22.6 Å². The lowest BCUT2D eigenvalue weighted by Crippen LogP contribution is -2.22. The third-order valence-corrected chi connectivity index (χ3v) is 5.86. The van der Waals surface area contributed by atoms with Crippen LogP contribution in [0.15, 0.2) is 0 Å². The van der Waals surface area contributed by atoms with Crippen LogP contribution in [0, 0.1) is 8.99 Å². The molecule has 1 aromatic heterocycles. The van der Waals surface area contributed by atoms with E-state index in [0.29, 0.717) is 17.3 Å². The maximum atomic E-state index is 4.96. The highest BCUT2D eigenvalue weighted by Crippen LogP contribution is 2.45. The van der Waals surface area contributed by atoms with E-state index in [9.17, 15) is 0 Å².